The van der Waals surface area contributed by atoms with Gasteiger partial charge in [0, 0.05) is 67.8 Å². The van der Waals surface area contributed by atoms with Crippen LogP contribution in [-0.4, -0.2) is 46.7 Å². The molecule has 1 saturated heterocycles. The third kappa shape index (κ3) is 3.79. The molecule has 5 nitrogen and oxygen atoms in total. The minimum absolute atomic E-state index is 0.539. The largest absolute Gasteiger partial charge is 0.381 e. The molecule has 1 aliphatic rings. The number of hydrogen-bond donors (Lipinski definition) is 1. The average molecular weight is 350 g/mol. The van der Waals surface area contributed by atoms with E-state index in [1.807, 2.05) is 24.5 Å². The molecule has 0 aromatic carbocycles. The van der Waals surface area contributed by atoms with Crippen LogP contribution in [0.3, 0.4) is 0 Å². The van der Waals surface area contributed by atoms with Crippen molar-refractivity contribution in [3.8, 4) is 0 Å². The van der Waals surface area contributed by atoms with Gasteiger partial charge in [-0.1, -0.05) is 6.07 Å². The standard InChI is InChI=1S/C21H26N4O/c1-25(12-7-17-5-2-3-10-22-17)15-19-18-6-4-11-23-21(18)24-20(19)16-8-13-26-14-9-16/h2-6,10-11,16H,7-9,12-15H2,1H3,(H,23,24). The monoisotopic (exact) mass is 350 g/mol. The van der Waals surface area contributed by atoms with Crippen LogP contribution in [0, 0.1) is 0 Å². The molecule has 4 rings (SSSR count). The van der Waals surface area contributed by atoms with Gasteiger partial charge in [0.1, 0.15) is 5.65 Å². The minimum Gasteiger partial charge on any atom is -0.381 e. The Hall–Kier alpha value is -2.24. The van der Waals surface area contributed by atoms with E-state index in [0.717, 1.165) is 56.9 Å². The van der Waals surface area contributed by atoms with Crippen molar-refractivity contribution >= 4 is 11.0 Å². The zero-order chi connectivity index (χ0) is 17.8. The summed E-state index contributed by atoms with van der Waals surface area (Å²) in [5.74, 6) is 0.539. The predicted octanol–water partition coefficient (Wildman–Crippen LogP) is 3.53. The van der Waals surface area contributed by atoms with Crippen molar-refractivity contribution in [3.63, 3.8) is 0 Å². The second-order valence-corrected chi connectivity index (χ2v) is 7.11. The summed E-state index contributed by atoms with van der Waals surface area (Å²) in [5, 5.41) is 1.25. The highest BCUT2D eigenvalue weighted by Crippen LogP contribution is 2.33. The maximum atomic E-state index is 5.56. The van der Waals surface area contributed by atoms with Crippen molar-refractivity contribution < 1.29 is 4.74 Å². The van der Waals surface area contributed by atoms with Gasteiger partial charge in [-0.05, 0) is 49.7 Å². The number of aromatic amines is 1. The van der Waals surface area contributed by atoms with E-state index in [4.69, 9.17) is 4.74 Å². The fourth-order valence-corrected chi connectivity index (χ4v) is 3.80. The van der Waals surface area contributed by atoms with Gasteiger partial charge in [0.15, 0.2) is 0 Å². The lowest BCUT2D eigenvalue weighted by Gasteiger charge is -2.24. The maximum Gasteiger partial charge on any atom is 0.137 e. The minimum atomic E-state index is 0.539. The van der Waals surface area contributed by atoms with Crippen molar-refractivity contribution in [2.75, 3.05) is 26.8 Å². The quantitative estimate of drug-likeness (QED) is 0.739. The van der Waals surface area contributed by atoms with Crippen LogP contribution in [0.1, 0.15) is 35.7 Å². The number of nitrogens with one attached hydrogen (secondary N) is 1. The van der Waals surface area contributed by atoms with Gasteiger partial charge in [-0.25, -0.2) is 4.98 Å². The number of likely N-dealkylation sites (N-methyl/N-ethyl adjacent to an activating group) is 1. The van der Waals surface area contributed by atoms with E-state index in [-0.39, 0.29) is 0 Å². The molecular weight excluding hydrogens is 324 g/mol. The van der Waals surface area contributed by atoms with Gasteiger partial charge in [-0.15, -0.1) is 0 Å². The smallest absolute Gasteiger partial charge is 0.137 e. The third-order valence-electron chi connectivity index (χ3n) is 5.24. The number of H-pyrrole nitrogens is 1. The Morgan fingerprint density at radius 1 is 1.12 bits per heavy atom. The Balaban J connectivity index is 1.54. The molecule has 0 aliphatic carbocycles. The SMILES string of the molecule is CN(CCc1ccccn1)Cc1c(C2CCOCC2)[nH]c2ncccc12. The first-order valence-corrected chi connectivity index (χ1v) is 9.43. The number of aromatic nitrogens is 3. The Morgan fingerprint density at radius 3 is 2.77 bits per heavy atom. The van der Waals surface area contributed by atoms with Gasteiger partial charge in [-0.3, -0.25) is 4.98 Å². The molecule has 0 spiro atoms. The number of fused-ring (bicyclic) bond motifs is 1. The van der Waals surface area contributed by atoms with Crippen molar-refractivity contribution in [2.24, 2.45) is 0 Å². The molecule has 0 atom stereocenters. The number of pyridine rings is 2. The molecule has 4 heterocycles. The lowest BCUT2D eigenvalue weighted by Crippen LogP contribution is -2.23. The van der Waals surface area contributed by atoms with E-state index in [1.165, 1.54) is 16.6 Å². The maximum absolute atomic E-state index is 5.56. The van der Waals surface area contributed by atoms with Crippen molar-refractivity contribution in [1.29, 1.82) is 0 Å². The van der Waals surface area contributed by atoms with Crippen molar-refractivity contribution in [1.82, 2.24) is 19.9 Å². The summed E-state index contributed by atoms with van der Waals surface area (Å²) in [6.07, 6.45) is 6.85. The highest BCUT2D eigenvalue weighted by atomic mass is 16.5. The van der Waals surface area contributed by atoms with E-state index < -0.39 is 0 Å². The Labute approximate surface area is 154 Å². The first-order valence-electron chi connectivity index (χ1n) is 9.43. The van der Waals surface area contributed by atoms with E-state index in [1.54, 1.807) is 0 Å². The van der Waals surface area contributed by atoms with Gasteiger partial charge >= 0.3 is 0 Å². The Bertz CT molecular complexity index is 840. The van der Waals surface area contributed by atoms with Crippen LogP contribution >= 0.6 is 0 Å². The summed E-state index contributed by atoms with van der Waals surface area (Å²) in [4.78, 5) is 15.0. The topological polar surface area (TPSA) is 54.0 Å². The fourth-order valence-electron chi connectivity index (χ4n) is 3.80. The molecule has 5 heteroatoms. The second-order valence-electron chi connectivity index (χ2n) is 7.11. The van der Waals surface area contributed by atoms with Crippen LogP contribution in [0.2, 0.25) is 0 Å². The number of nitrogens with zero attached hydrogens (tertiary/aromatic N) is 3. The summed E-state index contributed by atoms with van der Waals surface area (Å²) in [7, 11) is 2.19. The molecule has 0 radical (unpaired) electrons. The summed E-state index contributed by atoms with van der Waals surface area (Å²) in [5.41, 5.74) is 4.89. The van der Waals surface area contributed by atoms with Crippen LogP contribution < -0.4 is 0 Å². The van der Waals surface area contributed by atoms with Crippen LogP contribution in [0.5, 0.6) is 0 Å². The number of hydrogen-bond acceptors (Lipinski definition) is 4. The molecule has 3 aromatic heterocycles. The Morgan fingerprint density at radius 2 is 1.96 bits per heavy atom. The summed E-state index contributed by atoms with van der Waals surface area (Å²) in [6, 6.07) is 10.3. The van der Waals surface area contributed by atoms with Gasteiger partial charge < -0.3 is 14.6 Å². The van der Waals surface area contributed by atoms with Gasteiger partial charge in [0.25, 0.3) is 0 Å². The van der Waals surface area contributed by atoms with Gasteiger partial charge in [0.05, 0.1) is 0 Å². The first-order chi connectivity index (χ1) is 12.8. The fraction of sp³-hybridized carbons (Fsp3) is 0.429. The molecule has 1 aliphatic heterocycles. The second kappa shape index (κ2) is 7.98. The normalized spacial score (nSPS) is 15.8. The Kier molecular flexibility index (Phi) is 5.27. The molecule has 136 valence electrons. The van der Waals surface area contributed by atoms with Crippen LogP contribution in [-0.2, 0) is 17.7 Å². The van der Waals surface area contributed by atoms with Crippen LogP contribution in [0.15, 0.2) is 42.7 Å². The van der Waals surface area contributed by atoms with E-state index >= 15 is 0 Å². The number of rotatable bonds is 6. The predicted molar refractivity (Wildman–Crippen MR) is 103 cm³/mol. The lowest BCUT2D eigenvalue weighted by atomic mass is 9.93. The summed E-state index contributed by atoms with van der Waals surface area (Å²) >= 11 is 0. The summed E-state index contributed by atoms with van der Waals surface area (Å²) in [6.45, 7) is 3.60. The van der Waals surface area contributed by atoms with Gasteiger partial charge in [-0.2, -0.15) is 0 Å². The average Bonchev–Trinajstić information content (AvgIpc) is 3.06. The van der Waals surface area contributed by atoms with Gasteiger partial charge in [0.2, 0.25) is 0 Å². The molecule has 26 heavy (non-hydrogen) atoms. The zero-order valence-electron chi connectivity index (χ0n) is 15.3. The first kappa shape index (κ1) is 17.2. The molecule has 0 saturated carbocycles. The number of ether oxygens (including phenoxy) is 1. The molecule has 0 amide bonds. The van der Waals surface area contributed by atoms with E-state index in [2.05, 4.69) is 45.1 Å². The van der Waals surface area contributed by atoms with Crippen LogP contribution in [0.4, 0.5) is 0 Å². The van der Waals surface area contributed by atoms with E-state index in [0.29, 0.717) is 5.92 Å². The lowest BCUT2D eigenvalue weighted by molar-refractivity contribution is 0.0843. The molecule has 3 aromatic rings. The highest BCUT2D eigenvalue weighted by molar-refractivity contribution is 5.81. The molecular formula is C21H26N4O. The summed E-state index contributed by atoms with van der Waals surface area (Å²) < 4.78 is 5.56. The van der Waals surface area contributed by atoms with Crippen LogP contribution in [0.25, 0.3) is 11.0 Å². The highest BCUT2D eigenvalue weighted by Gasteiger charge is 2.23. The molecule has 0 unspecified atom stereocenters. The third-order valence-corrected chi connectivity index (χ3v) is 5.24. The molecule has 1 N–H and O–H groups in total. The van der Waals surface area contributed by atoms with E-state index in [9.17, 15) is 0 Å². The van der Waals surface area contributed by atoms with Crippen molar-refractivity contribution in [2.45, 2.75) is 31.7 Å². The zero-order valence-corrected chi connectivity index (χ0v) is 15.3. The molecule has 0 bridgehead atoms. The van der Waals surface area contributed by atoms with Crippen molar-refractivity contribution in [3.05, 3.63) is 59.7 Å². The molecule has 1 fully saturated rings.